The van der Waals surface area contributed by atoms with Gasteiger partial charge >= 0.3 is 17.9 Å². The van der Waals surface area contributed by atoms with Crippen LogP contribution in [0.4, 0.5) is 0 Å². The number of rotatable bonds is 18. The van der Waals surface area contributed by atoms with Crippen LogP contribution in [-0.2, 0) is 23.9 Å². The number of carbonyl (C=O) groups is 3. The summed E-state index contributed by atoms with van der Waals surface area (Å²) in [4.78, 5) is 35.5. The molecule has 6 nitrogen and oxygen atoms in total. The van der Waals surface area contributed by atoms with Crippen molar-refractivity contribution in [3.63, 3.8) is 0 Å². The van der Waals surface area contributed by atoms with Crippen LogP contribution in [0.5, 0.6) is 0 Å². The van der Waals surface area contributed by atoms with Gasteiger partial charge < -0.3 is 14.6 Å². The van der Waals surface area contributed by atoms with Gasteiger partial charge in [0, 0.05) is 5.57 Å². The molecule has 190 valence electrons. The van der Waals surface area contributed by atoms with Crippen LogP contribution in [0.25, 0.3) is 6.08 Å². The molecule has 0 fully saturated rings. The first-order valence-corrected chi connectivity index (χ1v) is 13.3. The zero-order chi connectivity index (χ0) is 25.2. The van der Waals surface area contributed by atoms with Gasteiger partial charge in [0.1, 0.15) is 0 Å². The lowest BCUT2D eigenvalue weighted by molar-refractivity contribution is -0.143. The Hall–Kier alpha value is -2.28. The zero-order valence-corrected chi connectivity index (χ0v) is 21.6. The number of ether oxygens (including phenoxy) is 2. The van der Waals surface area contributed by atoms with E-state index < -0.39 is 11.9 Å². The van der Waals surface area contributed by atoms with Gasteiger partial charge in [0.15, 0.2) is 0 Å². The highest BCUT2D eigenvalue weighted by molar-refractivity contribution is 8.00. The normalized spacial score (nSPS) is 13.2. The Bertz CT molecular complexity index is 762. The third-order valence-corrected chi connectivity index (χ3v) is 6.46. The van der Waals surface area contributed by atoms with Crippen molar-refractivity contribution in [2.24, 2.45) is 5.92 Å². The molecule has 0 saturated heterocycles. The van der Waals surface area contributed by atoms with Gasteiger partial charge in [-0.15, -0.1) is 11.8 Å². The minimum Gasteiger partial charge on any atom is -0.481 e. The van der Waals surface area contributed by atoms with Crippen LogP contribution in [0.2, 0.25) is 0 Å². The molecular formula is C27H40O6S. The molecule has 0 aromatic heterocycles. The van der Waals surface area contributed by atoms with E-state index in [2.05, 4.69) is 0 Å². The second-order valence-corrected chi connectivity index (χ2v) is 10.00. The number of unbranched alkanes of at least 4 members (excludes halogenated alkanes) is 5. The third kappa shape index (κ3) is 13.4. The van der Waals surface area contributed by atoms with Crippen molar-refractivity contribution < 1.29 is 29.0 Å². The number of carbonyl (C=O) groups excluding carboxylic acids is 2. The van der Waals surface area contributed by atoms with Crippen LogP contribution >= 0.6 is 11.8 Å². The number of carboxylic acids is 1. The molecule has 0 aliphatic carbocycles. The highest BCUT2D eigenvalue weighted by Gasteiger charge is 2.17. The maximum atomic E-state index is 12.6. The lowest BCUT2D eigenvalue weighted by Gasteiger charge is -2.11. The Morgan fingerprint density at radius 3 is 2.12 bits per heavy atom. The SMILES string of the molecule is CCSC(C)C(=O)OCCCCCCCCOC(=O)/C(=C/c1ccccc1)CCC(C)C(=O)O. The summed E-state index contributed by atoms with van der Waals surface area (Å²) < 4.78 is 10.8. The molecule has 1 N–H and O–H groups in total. The molecule has 0 radical (unpaired) electrons. The van der Waals surface area contributed by atoms with Gasteiger partial charge in [-0.3, -0.25) is 9.59 Å². The van der Waals surface area contributed by atoms with Crippen LogP contribution in [0.3, 0.4) is 0 Å². The standard InChI is InChI=1S/C27H40O6S/c1-4-34-22(3)26(30)32-18-12-7-5-6-8-13-19-33-27(31)24(17-16-21(2)25(28)29)20-23-14-10-9-11-15-23/h9-11,14-15,20-22H,4-8,12-13,16-19H2,1-3H3,(H,28,29)/b24-20+. The molecule has 0 heterocycles. The molecule has 0 amide bonds. The maximum Gasteiger partial charge on any atom is 0.334 e. The number of aliphatic carboxylic acids is 1. The highest BCUT2D eigenvalue weighted by atomic mass is 32.2. The minimum absolute atomic E-state index is 0.101. The predicted octanol–water partition coefficient (Wildman–Crippen LogP) is 6.14. The Morgan fingerprint density at radius 1 is 0.941 bits per heavy atom. The van der Waals surface area contributed by atoms with Gasteiger partial charge in [-0.2, -0.15) is 0 Å². The van der Waals surface area contributed by atoms with E-state index in [9.17, 15) is 14.4 Å². The van der Waals surface area contributed by atoms with Crippen molar-refractivity contribution in [3.05, 3.63) is 41.5 Å². The average molecular weight is 493 g/mol. The summed E-state index contributed by atoms with van der Waals surface area (Å²) in [5.41, 5.74) is 1.39. The van der Waals surface area contributed by atoms with E-state index in [0.29, 0.717) is 31.6 Å². The molecule has 0 saturated carbocycles. The van der Waals surface area contributed by atoms with Crippen LogP contribution in [0, 0.1) is 5.92 Å². The first-order chi connectivity index (χ1) is 16.3. The number of hydrogen-bond acceptors (Lipinski definition) is 6. The summed E-state index contributed by atoms with van der Waals surface area (Å²) in [6.07, 6.45) is 8.25. The van der Waals surface area contributed by atoms with Crippen LogP contribution in [0.15, 0.2) is 35.9 Å². The Kier molecular flexibility index (Phi) is 15.8. The van der Waals surface area contributed by atoms with Gasteiger partial charge in [-0.25, -0.2) is 4.79 Å². The molecule has 2 atom stereocenters. The van der Waals surface area contributed by atoms with Gasteiger partial charge in [0.25, 0.3) is 0 Å². The number of esters is 2. The van der Waals surface area contributed by atoms with E-state index in [1.807, 2.05) is 44.2 Å². The maximum absolute atomic E-state index is 12.6. The number of carboxylic acid groups (broad SMARTS) is 1. The van der Waals surface area contributed by atoms with Gasteiger partial charge in [-0.05, 0) is 50.0 Å². The van der Waals surface area contributed by atoms with E-state index in [-0.39, 0.29) is 17.2 Å². The lowest BCUT2D eigenvalue weighted by atomic mass is 9.99. The molecule has 0 aliphatic heterocycles. The van der Waals surface area contributed by atoms with E-state index in [1.54, 1.807) is 24.8 Å². The largest absolute Gasteiger partial charge is 0.481 e. The molecule has 2 unspecified atom stereocenters. The summed E-state index contributed by atoms with van der Waals surface area (Å²) in [7, 11) is 0. The van der Waals surface area contributed by atoms with Gasteiger partial charge in [-0.1, -0.05) is 69.9 Å². The monoisotopic (exact) mass is 492 g/mol. The predicted molar refractivity (Wildman–Crippen MR) is 138 cm³/mol. The lowest BCUT2D eigenvalue weighted by Crippen LogP contribution is -2.17. The summed E-state index contributed by atoms with van der Waals surface area (Å²) in [5, 5.41) is 9.02. The van der Waals surface area contributed by atoms with Crippen molar-refractivity contribution in [2.75, 3.05) is 19.0 Å². The Balaban J connectivity index is 2.27. The fraction of sp³-hybridized carbons (Fsp3) is 0.593. The fourth-order valence-corrected chi connectivity index (χ4v) is 3.96. The van der Waals surface area contributed by atoms with Gasteiger partial charge in [0.2, 0.25) is 0 Å². The van der Waals surface area contributed by atoms with Crippen molar-refractivity contribution >= 4 is 35.7 Å². The molecule has 1 aromatic carbocycles. The van der Waals surface area contributed by atoms with Crippen LogP contribution < -0.4 is 0 Å². The van der Waals surface area contributed by atoms with E-state index in [4.69, 9.17) is 14.6 Å². The minimum atomic E-state index is -0.865. The first-order valence-electron chi connectivity index (χ1n) is 12.3. The Labute approximate surface area is 208 Å². The second kappa shape index (κ2) is 18.1. The fourth-order valence-electron chi connectivity index (χ4n) is 3.26. The third-order valence-electron chi connectivity index (χ3n) is 5.44. The summed E-state index contributed by atoms with van der Waals surface area (Å²) in [6, 6.07) is 9.50. The molecule has 7 heteroatoms. The first kappa shape index (κ1) is 29.8. The molecule has 34 heavy (non-hydrogen) atoms. The summed E-state index contributed by atoms with van der Waals surface area (Å²) >= 11 is 1.59. The molecule has 1 rings (SSSR count). The second-order valence-electron chi connectivity index (χ2n) is 8.38. The number of benzene rings is 1. The molecule has 0 aliphatic rings. The highest BCUT2D eigenvalue weighted by Crippen LogP contribution is 2.18. The zero-order valence-electron chi connectivity index (χ0n) is 20.8. The molecule has 0 spiro atoms. The van der Waals surface area contributed by atoms with Crippen molar-refractivity contribution in [1.29, 1.82) is 0 Å². The number of thioether (sulfide) groups is 1. The number of hydrogen-bond donors (Lipinski definition) is 1. The summed E-state index contributed by atoms with van der Waals surface area (Å²) in [5.74, 6) is -0.990. The van der Waals surface area contributed by atoms with Crippen molar-refractivity contribution in [1.82, 2.24) is 0 Å². The van der Waals surface area contributed by atoms with Crippen molar-refractivity contribution in [2.45, 2.75) is 77.4 Å². The smallest absolute Gasteiger partial charge is 0.334 e. The van der Waals surface area contributed by atoms with Crippen LogP contribution in [0.1, 0.15) is 77.7 Å². The van der Waals surface area contributed by atoms with E-state index in [1.165, 1.54) is 0 Å². The summed E-state index contributed by atoms with van der Waals surface area (Å²) in [6.45, 7) is 6.37. The van der Waals surface area contributed by atoms with E-state index in [0.717, 1.165) is 49.8 Å². The van der Waals surface area contributed by atoms with E-state index >= 15 is 0 Å². The topological polar surface area (TPSA) is 89.9 Å². The quantitative estimate of drug-likeness (QED) is 0.150. The van der Waals surface area contributed by atoms with Crippen LogP contribution in [-0.4, -0.2) is 47.2 Å². The average Bonchev–Trinajstić information content (AvgIpc) is 2.82. The Morgan fingerprint density at radius 2 is 1.53 bits per heavy atom. The molecule has 1 aromatic rings. The van der Waals surface area contributed by atoms with Crippen molar-refractivity contribution in [3.8, 4) is 0 Å². The van der Waals surface area contributed by atoms with Gasteiger partial charge in [0.05, 0.1) is 24.4 Å². The molecule has 0 bridgehead atoms. The molecular weight excluding hydrogens is 452 g/mol.